The van der Waals surface area contributed by atoms with Crippen LogP contribution >= 0.6 is 0 Å². The van der Waals surface area contributed by atoms with Gasteiger partial charge in [0.25, 0.3) is 0 Å². The number of alkyl halides is 3. The first-order valence-corrected chi connectivity index (χ1v) is 6.21. The molecular weight excluding hydrogens is 301 g/mol. The van der Waals surface area contributed by atoms with Crippen molar-refractivity contribution in [3.05, 3.63) is 0 Å². The predicted molar refractivity (Wildman–Crippen MR) is 49.9 cm³/mol. The first-order valence-electron chi connectivity index (χ1n) is 4.80. The lowest BCUT2D eigenvalue weighted by Gasteiger charge is -2.40. The van der Waals surface area contributed by atoms with Gasteiger partial charge in [-0.25, -0.2) is 0 Å². The third-order valence-corrected chi connectivity index (χ3v) is 3.64. The Morgan fingerprint density at radius 3 is 1.42 bits per heavy atom. The molecule has 0 aliphatic heterocycles. The van der Waals surface area contributed by atoms with Crippen LogP contribution in [-0.4, -0.2) is 76.1 Å². The Bertz CT molecular complexity index is 407. The first kappa shape index (κ1) is 16.6. The molecule has 1 saturated carbocycles. The molecule has 1 fully saturated rings. The molecule has 1 rings (SSSR count). The van der Waals surface area contributed by atoms with Crippen LogP contribution in [-0.2, 0) is 14.3 Å². The van der Waals surface area contributed by atoms with E-state index in [1.165, 1.54) is 0 Å². The third kappa shape index (κ3) is 2.99. The van der Waals surface area contributed by atoms with Gasteiger partial charge in [0.05, 0.1) is 0 Å². The molecule has 8 nitrogen and oxygen atoms in total. The van der Waals surface area contributed by atoms with Crippen molar-refractivity contribution in [3.63, 3.8) is 0 Å². The van der Waals surface area contributed by atoms with Crippen LogP contribution in [0.15, 0.2) is 0 Å². The number of hydrogen-bond acceptors (Lipinski definition) is 8. The highest BCUT2D eigenvalue weighted by atomic mass is 32.2. The van der Waals surface area contributed by atoms with Gasteiger partial charge < -0.3 is 25.5 Å². The molecule has 0 aromatic heterocycles. The lowest BCUT2D eigenvalue weighted by molar-refractivity contribution is -0.218. The number of halogens is 3. The Morgan fingerprint density at radius 1 is 0.789 bits per heavy atom. The Hall–Kier alpha value is -0.500. The summed E-state index contributed by atoms with van der Waals surface area (Å²) >= 11 is 0. The molecule has 0 aromatic carbocycles. The van der Waals surface area contributed by atoms with Gasteiger partial charge in [0.1, 0.15) is 36.6 Å². The van der Waals surface area contributed by atoms with E-state index in [4.69, 9.17) is 5.11 Å². The highest BCUT2D eigenvalue weighted by Crippen LogP contribution is 2.31. The predicted octanol–water partition coefficient (Wildman–Crippen LogP) is -2.96. The van der Waals surface area contributed by atoms with Crippen molar-refractivity contribution in [2.24, 2.45) is 0 Å². The lowest BCUT2D eigenvalue weighted by atomic mass is 9.85. The van der Waals surface area contributed by atoms with Gasteiger partial charge in [-0.15, -0.1) is 0 Å². The summed E-state index contributed by atoms with van der Waals surface area (Å²) in [7, 11) is -6.15. The van der Waals surface area contributed by atoms with Crippen molar-refractivity contribution in [2.75, 3.05) is 0 Å². The molecule has 0 saturated heterocycles. The van der Waals surface area contributed by atoms with E-state index in [2.05, 4.69) is 4.18 Å². The van der Waals surface area contributed by atoms with Gasteiger partial charge >= 0.3 is 15.6 Å². The van der Waals surface area contributed by atoms with Crippen molar-refractivity contribution in [1.82, 2.24) is 0 Å². The van der Waals surface area contributed by atoms with Crippen LogP contribution in [0.1, 0.15) is 0 Å². The molecule has 6 atom stereocenters. The van der Waals surface area contributed by atoms with E-state index in [-0.39, 0.29) is 0 Å². The average molecular weight is 312 g/mol. The lowest BCUT2D eigenvalue weighted by Crippen LogP contribution is -2.64. The van der Waals surface area contributed by atoms with E-state index < -0.39 is 52.3 Å². The number of aliphatic hydroxyl groups is 5. The molecule has 0 radical (unpaired) electrons. The minimum Gasteiger partial charge on any atom is -0.387 e. The standard InChI is InChI=1S/C7H11F3O8S/c8-7(9,10)19(16,17)18-6-4(14)2(12)1(11)3(13)5(6)15/h1-6,11-15H/t1?,2-,3+,4-,5-,6?/m0/s1. The van der Waals surface area contributed by atoms with Gasteiger partial charge in [0.15, 0.2) is 0 Å². The third-order valence-electron chi connectivity index (χ3n) is 2.59. The number of aliphatic hydroxyl groups excluding tert-OH is 5. The molecule has 0 aromatic rings. The Balaban J connectivity index is 3.00. The van der Waals surface area contributed by atoms with Crippen molar-refractivity contribution in [3.8, 4) is 0 Å². The normalized spacial score (nSPS) is 41.3. The van der Waals surface area contributed by atoms with Gasteiger partial charge in [-0.3, -0.25) is 4.18 Å². The van der Waals surface area contributed by atoms with Gasteiger partial charge in [0, 0.05) is 0 Å². The zero-order chi connectivity index (χ0) is 15.2. The average Bonchev–Trinajstić information content (AvgIpc) is 2.28. The largest absolute Gasteiger partial charge is 0.523 e. The summed E-state index contributed by atoms with van der Waals surface area (Å²) in [6.45, 7) is 0. The molecular formula is C7H11F3O8S. The number of rotatable bonds is 2. The van der Waals surface area contributed by atoms with Crippen LogP contribution in [0.4, 0.5) is 13.2 Å². The maximum atomic E-state index is 12.1. The monoisotopic (exact) mass is 312 g/mol. The second-order valence-electron chi connectivity index (χ2n) is 3.91. The molecule has 114 valence electrons. The summed E-state index contributed by atoms with van der Waals surface area (Å²) in [5, 5.41) is 46.0. The molecule has 1 aliphatic carbocycles. The molecule has 19 heavy (non-hydrogen) atoms. The highest BCUT2D eigenvalue weighted by molar-refractivity contribution is 7.87. The van der Waals surface area contributed by atoms with Crippen LogP contribution in [0.3, 0.4) is 0 Å². The van der Waals surface area contributed by atoms with Crippen LogP contribution < -0.4 is 0 Å². The highest BCUT2D eigenvalue weighted by Gasteiger charge is 2.55. The van der Waals surface area contributed by atoms with E-state index in [1.54, 1.807) is 0 Å². The van der Waals surface area contributed by atoms with E-state index in [9.17, 15) is 42.0 Å². The fourth-order valence-electron chi connectivity index (χ4n) is 1.51. The summed E-state index contributed by atoms with van der Waals surface area (Å²) in [5.41, 5.74) is -5.81. The number of hydrogen-bond donors (Lipinski definition) is 5. The minimum absolute atomic E-state index is 2.07. The van der Waals surface area contributed by atoms with Gasteiger partial charge in [0.2, 0.25) is 0 Å². The van der Waals surface area contributed by atoms with E-state index in [0.29, 0.717) is 0 Å². The maximum Gasteiger partial charge on any atom is 0.523 e. The molecule has 0 heterocycles. The smallest absolute Gasteiger partial charge is 0.387 e. The van der Waals surface area contributed by atoms with E-state index >= 15 is 0 Å². The zero-order valence-corrected chi connectivity index (χ0v) is 9.78. The quantitative estimate of drug-likeness (QED) is 0.269. The summed E-state index contributed by atoms with van der Waals surface area (Å²) in [6, 6.07) is 0. The zero-order valence-electron chi connectivity index (χ0n) is 8.97. The summed E-state index contributed by atoms with van der Waals surface area (Å²) in [4.78, 5) is 0. The molecule has 5 N–H and O–H groups in total. The van der Waals surface area contributed by atoms with E-state index in [1.807, 2.05) is 0 Å². The second kappa shape index (κ2) is 5.12. The fraction of sp³-hybridized carbons (Fsp3) is 1.00. The van der Waals surface area contributed by atoms with Gasteiger partial charge in [-0.1, -0.05) is 0 Å². The fourth-order valence-corrected chi connectivity index (χ4v) is 2.14. The van der Waals surface area contributed by atoms with Crippen LogP contribution in [0.5, 0.6) is 0 Å². The SMILES string of the molecule is O=S(=O)(OC1[C@@H](O)[C@H](O)C(O)[C@H](O)[C@@H]1O)C(F)(F)F. The molecule has 0 spiro atoms. The Kier molecular flexibility index (Phi) is 4.46. The Morgan fingerprint density at radius 2 is 1.11 bits per heavy atom. The summed E-state index contributed by atoms with van der Waals surface area (Å²) in [5.74, 6) is 0. The Labute approximate surface area is 104 Å². The molecule has 1 aliphatic rings. The van der Waals surface area contributed by atoms with E-state index in [0.717, 1.165) is 0 Å². The summed E-state index contributed by atoms with van der Waals surface area (Å²) < 4.78 is 61.2. The van der Waals surface area contributed by atoms with Crippen LogP contribution in [0.2, 0.25) is 0 Å². The molecule has 0 bridgehead atoms. The topological polar surface area (TPSA) is 145 Å². The van der Waals surface area contributed by atoms with Crippen LogP contribution in [0, 0.1) is 0 Å². The molecule has 2 unspecified atom stereocenters. The van der Waals surface area contributed by atoms with Crippen LogP contribution in [0.25, 0.3) is 0 Å². The second-order valence-corrected chi connectivity index (χ2v) is 5.48. The minimum atomic E-state index is -6.15. The molecule has 12 heteroatoms. The van der Waals surface area contributed by atoms with Crippen molar-refractivity contribution >= 4 is 10.1 Å². The van der Waals surface area contributed by atoms with Gasteiger partial charge in [-0.2, -0.15) is 21.6 Å². The first-order chi connectivity index (χ1) is 8.40. The molecule has 0 amide bonds. The summed E-state index contributed by atoms with van der Waals surface area (Å²) in [6.07, 6.45) is -13.6. The van der Waals surface area contributed by atoms with Crippen molar-refractivity contribution in [2.45, 2.75) is 42.1 Å². The van der Waals surface area contributed by atoms with Crippen molar-refractivity contribution < 1.29 is 51.3 Å². The maximum absolute atomic E-state index is 12.1. The van der Waals surface area contributed by atoms with Crippen molar-refractivity contribution in [1.29, 1.82) is 0 Å². The van der Waals surface area contributed by atoms with Gasteiger partial charge in [-0.05, 0) is 0 Å².